The normalized spacial score (nSPS) is 15.2. The first-order chi connectivity index (χ1) is 14.6. The second-order valence-corrected chi connectivity index (χ2v) is 6.66. The van der Waals surface area contributed by atoms with E-state index in [0.717, 1.165) is 11.3 Å². The number of methoxy groups -OCH3 is 3. The molecule has 156 valence electrons. The van der Waals surface area contributed by atoms with Crippen LogP contribution in [0.25, 0.3) is 0 Å². The smallest absolute Gasteiger partial charge is 0.278 e. The molecule has 9 nitrogen and oxygen atoms in total. The van der Waals surface area contributed by atoms with Crippen LogP contribution >= 0.6 is 0 Å². The number of nitrogens with one attached hydrogen (secondary N) is 1. The van der Waals surface area contributed by atoms with Crippen molar-refractivity contribution in [3.63, 3.8) is 0 Å². The van der Waals surface area contributed by atoms with E-state index < -0.39 is 0 Å². The molecule has 1 atom stereocenters. The Morgan fingerprint density at radius 3 is 2.53 bits per heavy atom. The molecule has 1 aliphatic rings. The number of carbonyl (C=O) groups excluding carboxylic acids is 1. The monoisotopic (exact) mass is 410 g/mol. The molecule has 1 aromatic heterocycles. The lowest BCUT2D eigenvalue weighted by Gasteiger charge is -2.24. The Labute approximate surface area is 173 Å². The van der Waals surface area contributed by atoms with E-state index in [1.165, 1.54) is 7.11 Å². The van der Waals surface area contributed by atoms with E-state index in [1.807, 2.05) is 24.3 Å². The molecule has 30 heavy (non-hydrogen) atoms. The Morgan fingerprint density at radius 1 is 1.07 bits per heavy atom. The van der Waals surface area contributed by atoms with Gasteiger partial charge < -0.3 is 24.3 Å². The third kappa shape index (κ3) is 3.79. The van der Waals surface area contributed by atoms with Gasteiger partial charge in [0, 0.05) is 11.8 Å². The maximum absolute atomic E-state index is 12.8. The van der Waals surface area contributed by atoms with Crippen molar-refractivity contribution in [1.82, 2.24) is 15.0 Å². The summed E-state index contributed by atoms with van der Waals surface area (Å²) in [6, 6.07) is 12.8. The van der Waals surface area contributed by atoms with Crippen molar-refractivity contribution < 1.29 is 23.7 Å². The SMILES string of the molecule is COc1ccc(C2Cn3nnc(C(=O)Nc4ccc(OC)c(OC)c4)c3CO2)cc1. The van der Waals surface area contributed by atoms with E-state index in [2.05, 4.69) is 15.6 Å². The largest absolute Gasteiger partial charge is 0.497 e. The van der Waals surface area contributed by atoms with Gasteiger partial charge in [-0.3, -0.25) is 4.79 Å². The van der Waals surface area contributed by atoms with Gasteiger partial charge in [0.15, 0.2) is 17.2 Å². The van der Waals surface area contributed by atoms with Gasteiger partial charge in [0.05, 0.1) is 40.2 Å². The molecule has 1 aliphatic heterocycles. The minimum Gasteiger partial charge on any atom is -0.497 e. The molecule has 0 fully saturated rings. The van der Waals surface area contributed by atoms with Crippen molar-refractivity contribution in [3.05, 3.63) is 59.4 Å². The summed E-state index contributed by atoms with van der Waals surface area (Å²) in [5.41, 5.74) is 2.44. The average Bonchev–Trinajstić information content (AvgIpc) is 3.22. The number of benzene rings is 2. The maximum atomic E-state index is 12.8. The van der Waals surface area contributed by atoms with Crippen LogP contribution in [0.2, 0.25) is 0 Å². The number of hydrogen-bond donors (Lipinski definition) is 1. The van der Waals surface area contributed by atoms with Gasteiger partial charge >= 0.3 is 0 Å². The predicted octanol–water partition coefficient (Wildman–Crippen LogP) is 2.83. The fourth-order valence-corrected chi connectivity index (χ4v) is 3.31. The highest BCUT2D eigenvalue weighted by atomic mass is 16.5. The van der Waals surface area contributed by atoms with E-state index in [1.54, 1.807) is 37.1 Å². The summed E-state index contributed by atoms with van der Waals surface area (Å²) >= 11 is 0. The van der Waals surface area contributed by atoms with Crippen molar-refractivity contribution in [3.8, 4) is 17.2 Å². The predicted molar refractivity (Wildman–Crippen MR) is 108 cm³/mol. The standard InChI is InChI=1S/C21H22N4O5/c1-27-15-7-4-13(5-8-15)19-11-25-16(12-30-19)20(23-24-25)21(26)22-14-6-9-17(28-2)18(10-14)29-3/h4-10,19H,11-12H2,1-3H3,(H,22,26). The van der Waals surface area contributed by atoms with E-state index in [-0.39, 0.29) is 24.3 Å². The molecule has 9 heteroatoms. The van der Waals surface area contributed by atoms with Crippen LogP contribution in [-0.4, -0.2) is 42.2 Å². The molecule has 0 radical (unpaired) electrons. The van der Waals surface area contributed by atoms with Crippen LogP contribution in [0.1, 0.15) is 27.8 Å². The zero-order valence-electron chi connectivity index (χ0n) is 16.9. The van der Waals surface area contributed by atoms with Crippen molar-refractivity contribution in [2.45, 2.75) is 19.3 Å². The second-order valence-electron chi connectivity index (χ2n) is 6.66. The quantitative estimate of drug-likeness (QED) is 0.667. The average molecular weight is 410 g/mol. The molecule has 1 amide bonds. The number of nitrogens with zero attached hydrogens (tertiary/aromatic N) is 3. The lowest BCUT2D eigenvalue weighted by atomic mass is 10.1. The molecule has 1 unspecified atom stereocenters. The van der Waals surface area contributed by atoms with Crippen molar-refractivity contribution >= 4 is 11.6 Å². The summed E-state index contributed by atoms with van der Waals surface area (Å²) < 4.78 is 23.4. The molecule has 0 saturated carbocycles. The van der Waals surface area contributed by atoms with Gasteiger partial charge in [0.2, 0.25) is 0 Å². The second kappa shape index (κ2) is 8.42. The molecular formula is C21H22N4O5. The Hall–Kier alpha value is -3.59. The highest BCUT2D eigenvalue weighted by molar-refractivity contribution is 6.03. The van der Waals surface area contributed by atoms with Gasteiger partial charge in [-0.15, -0.1) is 5.10 Å². The number of anilines is 1. The number of hydrogen-bond acceptors (Lipinski definition) is 7. The molecule has 2 aromatic carbocycles. The fourth-order valence-electron chi connectivity index (χ4n) is 3.31. The molecular weight excluding hydrogens is 388 g/mol. The number of rotatable bonds is 6. The Kier molecular flexibility index (Phi) is 5.53. The lowest BCUT2D eigenvalue weighted by Crippen LogP contribution is -2.24. The summed E-state index contributed by atoms with van der Waals surface area (Å²) in [4.78, 5) is 12.8. The van der Waals surface area contributed by atoms with Gasteiger partial charge in [0.1, 0.15) is 11.9 Å². The number of ether oxygens (including phenoxy) is 4. The molecule has 2 heterocycles. The van der Waals surface area contributed by atoms with E-state index in [0.29, 0.717) is 29.4 Å². The Bertz CT molecular complexity index is 1050. The molecule has 1 N–H and O–H groups in total. The van der Waals surface area contributed by atoms with E-state index in [4.69, 9.17) is 18.9 Å². The number of aromatic nitrogens is 3. The van der Waals surface area contributed by atoms with Crippen LogP contribution in [0.4, 0.5) is 5.69 Å². The maximum Gasteiger partial charge on any atom is 0.278 e. The lowest BCUT2D eigenvalue weighted by molar-refractivity contribution is -0.00173. The minimum atomic E-state index is -0.366. The topological polar surface area (TPSA) is 96.7 Å². The summed E-state index contributed by atoms with van der Waals surface area (Å²) in [6.45, 7) is 0.705. The first-order valence-corrected chi connectivity index (χ1v) is 9.34. The summed E-state index contributed by atoms with van der Waals surface area (Å²) in [7, 11) is 4.72. The van der Waals surface area contributed by atoms with Gasteiger partial charge in [-0.25, -0.2) is 4.68 Å². The number of amides is 1. The van der Waals surface area contributed by atoms with Crippen molar-refractivity contribution in [1.29, 1.82) is 0 Å². The first kappa shape index (κ1) is 19.7. The molecule has 0 saturated heterocycles. The zero-order valence-corrected chi connectivity index (χ0v) is 16.9. The van der Waals surface area contributed by atoms with Crippen LogP contribution < -0.4 is 19.5 Å². The molecule has 4 rings (SSSR count). The molecule has 0 spiro atoms. The number of fused-ring (bicyclic) bond motifs is 1. The van der Waals surface area contributed by atoms with Crippen molar-refractivity contribution in [2.75, 3.05) is 26.6 Å². The molecule has 0 aliphatic carbocycles. The highest BCUT2D eigenvalue weighted by Crippen LogP contribution is 2.31. The van der Waals surface area contributed by atoms with Crippen LogP contribution in [-0.2, 0) is 17.9 Å². The molecule has 3 aromatic rings. The Balaban J connectivity index is 1.49. The van der Waals surface area contributed by atoms with Crippen LogP contribution in [0.15, 0.2) is 42.5 Å². The van der Waals surface area contributed by atoms with Gasteiger partial charge in [-0.1, -0.05) is 17.3 Å². The summed E-state index contributed by atoms with van der Waals surface area (Å²) in [5, 5.41) is 11.0. The minimum absolute atomic E-state index is 0.174. The fraction of sp³-hybridized carbons (Fsp3) is 0.286. The van der Waals surface area contributed by atoms with Crippen LogP contribution in [0.5, 0.6) is 17.2 Å². The third-order valence-corrected chi connectivity index (χ3v) is 4.94. The first-order valence-electron chi connectivity index (χ1n) is 9.34. The summed E-state index contributed by atoms with van der Waals surface area (Å²) in [5.74, 6) is 1.51. The summed E-state index contributed by atoms with van der Waals surface area (Å²) in [6.07, 6.45) is -0.174. The third-order valence-electron chi connectivity index (χ3n) is 4.94. The van der Waals surface area contributed by atoms with Gasteiger partial charge in [-0.05, 0) is 29.8 Å². The molecule has 0 bridgehead atoms. The Morgan fingerprint density at radius 2 is 1.83 bits per heavy atom. The zero-order chi connectivity index (χ0) is 21.1. The number of carbonyl (C=O) groups is 1. The van der Waals surface area contributed by atoms with E-state index in [9.17, 15) is 4.79 Å². The van der Waals surface area contributed by atoms with Gasteiger partial charge in [-0.2, -0.15) is 0 Å². The highest BCUT2D eigenvalue weighted by Gasteiger charge is 2.28. The van der Waals surface area contributed by atoms with Crippen molar-refractivity contribution in [2.24, 2.45) is 0 Å². The van der Waals surface area contributed by atoms with Crippen LogP contribution in [0, 0.1) is 0 Å². The van der Waals surface area contributed by atoms with E-state index >= 15 is 0 Å². The van der Waals surface area contributed by atoms with Gasteiger partial charge in [0.25, 0.3) is 5.91 Å². The van der Waals surface area contributed by atoms with Crippen LogP contribution in [0.3, 0.4) is 0 Å².